The number of ether oxygens (including phenoxy) is 1. The molecule has 23 heavy (non-hydrogen) atoms. The van der Waals surface area contributed by atoms with E-state index in [2.05, 4.69) is 10.2 Å². The summed E-state index contributed by atoms with van der Waals surface area (Å²) in [6, 6.07) is 8.62. The van der Waals surface area contributed by atoms with Crippen LogP contribution in [0.1, 0.15) is 18.4 Å². The Balaban J connectivity index is 2.28. The Morgan fingerprint density at radius 2 is 2.26 bits per heavy atom. The molecule has 0 N–H and O–H groups in total. The van der Waals surface area contributed by atoms with Crippen molar-refractivity contribution in [3.63, 3.8) is 0 Å². The van der Waals surface area contributed by atoms with Gasteiger partial charge < -0.3 is 19.1 Å². The fourth-order valence-corrected chi connectivity index (χ4v) is 2.31. The molecule has 2 aromatic rings. The molecule has 0 aliphatic heterocycles. The Hall–Kier alpha value is -2.79. The third-order valence-corrected chi connectivity index (χ3v) is 3.49. The fourth-order valence-electron chi connectivity index (χ4n) is 1.63. The standard InChI is InChI=1S/C15H13N3O4S/c1-2-13-17-18-15(22-13)23-12(14(19)20)9-10-5-3-4-6-11(10)21-8-7-16/h3-6,9H,2,8H2,1H3,(H,19,20)/p-1/b12-9-. The normalized spacial score (nSPS) is 11.0. The Morgan fingerprint density at radius 3 is 2.91 bits per heavy atom. The molecule has 0 atom stereocenters. The molecule has 0 aliphatic rings. The number of aliphatic carboxylic acids is 1. The largest absolute Gasteiger partial charge is 0.544 e. The van der Waals surface area contributed by atoms with Gasteiger partial charge in [-0.15, -0.1) is 10.2 Å². The van der Waals surface area contributed by atoms with E-state index < -0.39 is 5.97 Å². The predicted octanol–water partition coefficient (Wildman–Crippen LogP) is 1.42. The number of aryl methyl sites for hydroxylation is 1. The zero-order valence-electron chi connectivity index (χ0n) is 12.2. The number of aromatic nitrogens is 2. The monoisotopic (exact) mass is 330 g/mol. The average Bonchev–Trinajstić information content (AvgIpc) is 3.01. The van der Waals surface area contributed by atoms with E-state index in [1.807, 2.05) is 13.0 Å². The van der Waals surface area contributed by atoms with Crippen LogP contribution in [-0.4, -0.2) is 22.8 Å². The highest BCUT2D eigenvalue weighted by molar-refractivity contribution is 8.03. The number of para-hydroxylation sites is 1. The number of nitriles is 1. The predicted molar refractivity (Wildman–Crippen MR) is 80.1 cm³/mol. The Bertz CT molecular complexity index is 764. The molecular weight excluding hydrogens is 318 g/mol. The third-order valence-electron chi connectivity index (χ3n) is 2.65. The highest BCUT2D eigenvalue weighted by atomic mass is 32.2. The summed E-state index contributed by atoms with van der Waals surface area (Å²) in [5.74, 6) is -0.558. The molecular formula is C15H12N3O4S-. The minimum Gasteiger partial charge on any atom is -0.544 e. The molecule has 8 heteroatoms. The number of carbonyl (C=O) groups excluding carboxylic acids is 1. The number of thioether (sulfide) groups is 1. The molecule has 0 fully saturated rings. The smallest absolute Gasteiger partial charge is 0.281 e. The molecule has 2 rings (SSSR count). The number of carboxylic acids is 1. The summed E-state index contributed by atoms with van der Waals surface area (Å²) in [5.41, 5.74) is 0.504. The molecule has 1 heterocycles. The van der Waals surface area contributed by atoms with Crippen molar-refractivity contribution in [1.82, 2.24) is 10.2 Å². The fraction of sp³-hybridized carbons (Fsp3) is 0.200. The molecule has 0 spiro atoms. The van der Waals surface area contributed by atoms with Gasteiger partial charge in [0.2, 0.25) is 5.89 Å². The minimum atomic E-state index is -1.37. The van der Waals surface area contributed by atoms with E-state index in [1.54, 1.807) is 24.3 Å². The molecule has 0 saturated heterocycles. The highest BCUT2D eigenvalue weighted by Gasteiger charge is 2.11. The average molecular weight is 330 g/mol. The zero-order chi connectivity index (χ0) is 16.7. The maximum Gasteiger partial charge on any atom is 0.281 e. The Kier molecular flexibility index (Phi) is 5.77. The molecule has 0 saturated carbocycles. The minimum absolute atomic E-state index is 0.107. The Labute approximate surface area is 136 Å². The third kappa shape index (κ3) is 4.59. The summed E-state index contributed by atoms with van der Waals surface area (Å²) in [6.07, 6.45) is 1.94. The molecule has 0 amide bonds. The van der Waals surface area contributed by atoms with Gasteiger partial charge in [-0.3, -0.25) is 0 Å². The van der Waals surface area contributed by atoms with E-state index in [-0.39, 0.29) is 16.7 Å². The van der Waals surface area contributed by atoms with E-state index in [0.29, 0.717) is 23.6 Å². The number of rotatable bonds is 7. The maximum atomic E-state index is 11.3. The van der Waals surface area contributed by atoms with Crippen LogP contribution in [0.2, 0.25) is 0 Å². The van der Waals surface area contributed by atoms with Crippen LogP contribution >= 0.6 is 11.8 Å². The second kappa shape index (κ2) is 8.00. The molecule has 0 aliphatic carbocycles. The van der Waals surface area contributed by atoms with Gasteiger partial charge in [0.1, 0.15) is 11.8 Å². The van der Waals surface area contributed by atoms with Crippen molar-refractivity contribution in [3.8, 4) is 11.8 Å². The van der Waals surface area contributed by atoms with Crippen LogP contribution in [0.5, 0.6) is 5.75 Å². The number of nitrogens with zero attached hydrogens (tertiary/aromatic N) is 3. The maximum absolute atomic E-state index is 11.3. The van der Waals surface area contributed by atoms with E-state index in [1.165, 1.54) is 6.08 Å². The summed E-state index contributed by atoms with van der Waals surface area (Å²) in [7, 11) is 0. The van der Waals surface area contributed by atoms with Crippen LogP contribution in [0.4, 0.5) is 0 Å². The van der Waals surface area contributed by atoms with Gasteiger partial charge in [-0.1, -0.05) is 25.1 Å². The lowest BCUT2D eigenvalue weighted by Crippen LogP contribution is -2.23. The number of carbonyl (C=O) groups is 1. The van der Waals surface area contributed by atoms with Gasteiger partial charge in [-0.2, -0.15) is 5.26 Å². The lowest BCUT2D eigenvalue weighted by atomic mass is 10.2. The molecule has 7 nitrogen and oxygen atoms in total. The molecule has 118 valence electrons. The van der Waals surface area contributed by atoms with Gasteiger partial charge in [0.15, 0.2) is 6.61 Å². The zero-order valence-corrected chi connectivity index (χ0v) is 13.0. The van der Waals surface area contributed by atoms with Crippen molar-refractivity contribution in [2.75, 3.05) is 6.61 Å². The summed E-state index contributed by atoms with van der Waals surface area (Å²) in [5, 5.41) is 27.6. The number of carboxylic acid groups (broad SMARTS) is 1. The van der Waals surface area contributed by atoms with Gasteiger partial charge in [-0.05, 0) is 23.9 Å². The summed E-state index contributed by atoms with van der Waals surface area (Å²) in [6.45, 7) is 1.71. The summed E-state index contributed by atoms with van der Waals surface area (Å²) >= 11 is 0.799. The van der Waals surface area contributed by atoms with E-state index >= 15 is 0 Å². The number of hydrogen-bond acceptors (Lipinski definition) is 8. The van der Waals surface area contributed by atoms with Crippen molar-refractivity contribution in [2.24, 2.45) is 0 Å². The Morgan fingerprint density at radius 1 is 1.48 bits per heavy atom. The first-order valence-electron chi connectivity index (χ1n) is 6.66. The summed E-state index contributed by atoms with van der Waals surface area (Å²) < 4.78 is 10.5. The molecule has 1 aromatic carbocycles. The second-order valence-corrected chi connectivity index (χ2v) is 5.19. The van der Waals surface area contributed by atoms with Gasteiger partial charge in [0.05, 0.1) is 5.97 Å². The topological polar surface area (TPSA) is 112 Å². The van der Waals surface area contributed by atoms with Gasteiger partial charge >= 0.3 is 0 Å². The number of hydrogen-bond donors (Lipinski definition) is 0. The van der Waals surface area contributed by atoms with Gasteiger partial charge in [0, 0.05) is 16.9 Å². The van der Waals surface area contributed by atoms with Crippen LogP contribution in [-0.2, 0) is 11.2 Å². The van der Waals surface area contributed by atoms with Crippen molar-refractivity contribution >= 4 is 23.8 Å². The van der Waals surface area contributed by atoms with Crippen molar-refractivity contribution in [1.29, 1.82) is 5.26 Å². The molecule has 1 aromatic heterocycles. The lowest BCUT2D eigenvalue weighted by molar-refractivity contribution is -0.298. The summed E-state index contributed by atoms with van der Waals surface area (Å²) in [4.78, 5) is 11.2. The lowest BCUT2D eigenvalue weighted by Gasteiger charge is -2.09. The SMILES string of the molecule is CCc1nnc(S/C(=C\c2ccccc2OCC#N)C(=O)[O-])o1. The van der Waals surface area contributed by atoms with Crippen LogP contribution in [0.15, 0.2) is 38.8 Å². The van der Waals surface area contributed by atoms with E-state index in [9.17, 15) is 9.90 Å². The van der Waals surface area contributed by atoms with Gasteiger partial charge in [0.25, 0.3) is 5.22 Å². The van der Waals surface area contributed by atoms with Crippen LogP contribution in [0.3, 0.4) is 0 Å². The quantitative estimate of drug-likeness (QED) is 0.553. The second-order valence-electron chi connectivity index (χ2n) is 4.20. The van der Waals surface area contributed by atoms with Crippen LogP contribution < -0.4 is 9.84 Å². The first kappa shape index (κ1) is 16.6. The highest BCUT2D eigenvalue weighted by Crippen LogP contribution is 2.29. The van der Waals surface area contributed by atoms with Crippen LogP contribution in [0.25, 0.3) is 6.08 Å². The first-order chi connectivity index (χ1) is 11.1. The van der Waals surface area contributed by atoms with Gasteiger partial charge in [-0.25, -0.2) is 0 Å². The van der Waals surface area contributed by atoms with Crippen molar-refractivity contribution < 1.29 is 19.1 Å². The first-order valence-corrected chi connectivity index (χ1v) is 7.47. The van der Waals surface area contributed by atoms with E-state index in [0.717, 1.165) is 11.8 Å². The van der Waals surface area contributed by atoms with Crippen LogP contribution in [0, 0.1) is 11.3 Å². The van der Waals surface area contributed by atoms with E-state index in [4.69, 9.17) is 14.4 Å². The number of benzene rings is 1. The molecule has 0 bridgehead atoms. The molecule has 0 radical (unpaired) electrons. The molecule has 0 unspecified atom stereocenters. The van der Waals surface area contributed by atoms with Crippen molar-refractivity contribution in [2.45, 2.75) is 18.6 Å². The van der Waals surface area contributed by atoms with Crippen molar-refractivity contribution in [3.05, 3.63) is 40.6 Å².